The molecule has 4 amide bonds. The van der Waals surface area contributed by atoms with Gasteiger partial charge >= 0.3 is 6.03 Å². The Hall–Kier alpha value is -3.16. The first-order valence-electron chi connectivity index (χ1n) is 10.3. The van der Waals surface area contributed by atoms with Crippen LogP contribution in [0.25, 0.3) is 0 Å². The molecular formula is C22H27N5O3. The lowest BCUT2D eigenvalue weighted by Gasteiger charge is -2.42. The summed E-state index contributed by atoms with van der Waals surface area (Å²) in [7, 11) is 0. The first-order chi connectivity index (χ1) is 14.4. The van der Waals surface area contributed by atoms with Crippen LogP contribution >= 0.6 is 0 Å². The average molecular weight is 409 g/mol. The second kappa shape index (κ2) is 7.93. The highest BCUT2D eigenvalue weighted by Gasteiger charge is 2.57. The lowest BCUT2D eigenvalue weighted by atomic mass is 9.85. The Kier molecular flexibility index (Phi) is 5.32. The summed E-state index contributed by atoms with van der Waals surface area (Å²) >= 11 is 0. The monoisotopic (exact) mass is 409 g/mol. The number of urea groups is 1. The van der Waals surface area contributed by atoms with Crippen LogP contribution in [0.5, 0.6) is 0 Å². The molecule has 0 bridgehead atoms. The highest BCUT2D eigenvalue weighted by atomic mass is 16.2. The number of nitrogens with zero attached hydrogens (tertiary/aromatic N) is 5. The molecule has 2 aliphatic heterocycles. The van der Waals surface area contributed by atoms with Crippen molar-refractivity contribution in [2.75, 3.05) is 19.6 Å². The molecule has 2 saturated heterocycles. The zero-order chi connectivity index (χ0) is 21.3. The van der Waals surface area contributed by atoms with E-state index in [-0.39, 0.29) is 24.4 Å². The number of amides is 4. The van der Waals surface area contributed by atoms with E-state index in [2.05, 4.69) is 5.10 Å². The molecule has 4 rings (SSSR count). The summed E-state index contributed by atoms with van der Waals surface area (Å²) in [6.07, 6.45) is 2.77. The number of benzene rings is 1. The summed E-state index contributed by atoms with van der Waals surface area (Å²) in [6, 6.07) is 11.4. The van der Waals surface area contributed by atoms with Gasteiger partial charge in [0.15, 0.2) is 0 Å². The van der Waals surface area contributed by atoms with Crippen LogP contribution in [0.2, 0.25) is 0 Å². The number of aryl methyl sites for hydroxylation is 1. The Morgan fingerprint density at radius 1 is 1.07 bits per heavy atom. The average Bonchev–Trinajstić information content (AvgIpc) is 3.24. The van der Waals surface area contributed by atoms with E-state index in [1.165, 1.54) is 4.90 Å². The van der Waals surface area contributed by atoms with Crippen LogP contribution in [0, 0.1) is 6.92 Å². The molecule has 30 heavy (non-hydrogen) atoms. The van der Waals surface area contributed by atoms with Gasteiger partial charge in [-0.3, -0.25) is 19.2 Å². The maximum atomic E-state index is 13.5. The molecule has 0 atom stereocenters. The third kappa shape index (κ3) is 3.58. The van der Waals surface area contributed by atoms with E-state index in [1.54, 1.807) is 21.4 Å². The van der Waals surface area contributed by atoms with E-state index in [4.69, 9.17) is 0 Å². The fourth-order valence-electron chi connectivity index (χ4n) is 4.43. The molecule has 8 nitrogen and oxygen atoms in total. The van der Waals surface area contributed by atoms with E-state index in [0.29, 0.717) is 39.0 Å². The smallest absolute Gasteiger partial charge is 0.328 e. The number of likely N-dealkylation sites (tertiary alicyclic amines) is 1. The topological polar surface area (TPSA) is 78.8 Å². The molecule has 3 heterocycles. The third-order valence-corrected chi connectivity index (χ3v) is 6.17. The predicted molar refractivity (Wildman–Crippen MR) is 110 cm³/mol. The first kappa shape index (κ1) is 20.1. The fourth-order valence-corrected chi connectivity index (χ4v) is 4.43. The maximum absolute atomic E-state index is 13.5. The van der Waals surface area contributed by atoms with E-state index in [9.17, 15) is 14.4 Å². The molecule has 2 aromatic rings. The number of aromatic nitrogens is 2. The van der Waals surface area contributed by atoms with Gasteiger partial charge in [-0.2, -0.15) is 5.10 Å². The minimum atomic E-state index is -0.890. The maximum Gasteiger partial charge on any atom is 0.328 e. The Bertz CT molecular complexity index is 947. The lowest BCUT2D eigenvalue weighted by molar-refractivity contribution is -0.140. The Balaban J connectivity index is 1.58. The van der Waals surface area contributed by atoms with E-state index in [0.717, 1.165) is 11.3 Å². The summed E-state index contributed by atoms with van der Waals surface area (Å²) < 4.78 is 1.75. The minimum absolute atomic E-state index is 0.00198. The predicted octanol–water partition coefficient (Wildman–Crippen LogP) is 2.04. The fraction of sp³-hybridized carbons (Fsp3) is 0.455. The van der Waals surface area contributed by atoms with E-state index in [1.807, 2.05) is 49.5 Å². The van der Waals surface area contributed by atoms with E-state index < -0.39 is 5.54 Å². The molecule has 0 radical (unpaired) electrons. The molecule has 158 valence electrons. The van der Waals surface area contributed by atoms with Crippen LogP contribution in [-0.2, 0) is 22.7 Å². The molecule has 2 aliphatic rings. The quantitative estimate of drug-likeness (QED) is 0.708. The van der Waals surface area contributed by atoms with Crippen LogP contribution < -0.4 is 0 Å². The van der Waals surface area contributed by atoms with Crippen molar-refractivity contribution in [3.8, 4) is 0 Å². The number of carbonyl (C=O) groups excluding carboxylic acids is 3. The van der Waals surface area contributed by atoms with Crippen LogP contribution in [0.3, 0.4) is 0 Å². The van der Waals surface area contributed by atoms with Gasteiger partial charge in [0, 0.05) is 32.8 Å². The Morgan fingerprint density at radius 3 is 2.37 bits per heavy atom. The van der Waals surface area contributed by atoms with Gasteiger partial charge in [-0.15, -0.1) is 0 Å². The largest absolute Gasteiger partial charge is 0.343 e. The van der Waals surface area contributed by atoms with Crippen molar-refractivity contribution in [2.45, 2.75) is 45.3 Å². The minimum Gasteiger partial charge on any atom is -0.343 e. The van der Waals surface area contributed by atoms with Gasteiger partial charge in [-0.1, -0.05) is 30.3 Å². The van der Waals surface area contributed by atoms with Crippen LogP contribution in [0.4, 0.5) is 4.79 Å². The van der Waals surface area contributed by atoms with Gasteiger partial charge in [0.1, 0.15) is 5.54 Å². The number of rotatable bonds is 5. The molecule has 0 aliphatic carbocycles. The third-order valence-electron chi connectivity index (χ3n) is 6.17. The van der Waals surface area contributed by atoms with Crippen molar-refractivity contribution < 1.29 is 14.4 Å². The van der Waals surface area contributed by atoms with Crippen LogP contribution in [-0.4, -0.2) is 67.5 Å². The summed E-state index contributed by atoms with van der Waals surface area (Å²) in [4.78, 5) is 43.5. The molecule has 0 saturated carbocycles. The Labute approximate surface area is 176 Å². The van der Waals surface area contributed by atoms with Gasteiger partial charge in [0.25, 0.3) is 5.91 Å². The van der Waals surface area contributed by atoms with Crippen molar-refractivity contribution in [2.24, 2.45) is 0 Å². The molecule has 1 spiro atoms. The van der Waals surface area contributed by atoms with Crippen molar-refractivity contribution in [3.05, 3.63) is 53.9 Å². The van der Waals surface area contributed by atoms with Crippen molar-refractivity contribution in [1.29, 1.82) is 0 Å². The first-order valence-corrected chi connectivity index (χ1v) is 10.3. The number of hydrogen-bond acceptors (Lipinski definition) is 4. The van der Waals surface area contributed by atoms with Crippen LogP contribution in [0.1, 0.15) is 31.0 Å². The van der Waals surface area contributed by atoms with E-state index >= 15 is 0 Å². The SMILES string of the molecule is CC(=O)N1CCC2(CC1)C(=O)N(CCn1ccc(C)n1)C(=O)N2Cc1ccccc1. The summed E-state index contributed by atoms with van der Waals surface area (Å²) in [5.41, 5.74) is 0.989. The van der Waals surface area contributed by atoms with Gasteiger partial charge in [0.2, 0.25) is 5.91 Å². The second-order valence-electron chi connectivity index (χ2n) is 8.07. The molecule has 0 unspecified atom stereocenters. The Morgan fingerprint density at radius 2 is 1.77 bits per heavy atom. The summed E-state index contributed by atoms with van der Waals surface area (Å²) in [6.45, 7) is 5.52. The number of imide groups is 1. The summed E-state index contributed by atoms with van der Waals surface area (Å²) in [5.74, 6) is -0.155. The molecular weight excluding hydrogens is 382 g/mol. The highest BCUT2D eigenvalue weighted by Crippen LogP contribution is 2.38. The summed E-state index contributed by atoms with van der Waals surface area (Å²) in [5, 5.41) is 4.35. The van der Waals surface area contributed by atoms with Gasteiger partial charge in [0.05, 0.1) is 18.8 Å². The molecule has 0 N–H and O–H groups in total. The van der Waals surface area contributed by atoms with Crippen molar-refractivity contribution in [3.63, 3.8) is 0 Å². The van der Waals surface area contributed by atoms with Crippen molar-refractivity contribution >= 4 is 17.8 Å². The number of hydrogen-bond donors (Lipinski definition) is 0. The number of piperidine rings is 1. The molecule has 8 heteroatoms. The lowest BCUT2D eigenvalue weighted by Crippen LogP contribution is -2.56. The molecule has 1 aromatic heterocycles. The number of carbonyl (C=O) groups is 3. The van der Waals surface area contributed by atoms with Crippen molar-refractivity contribution in [1.82, 2.24) is 24.5 Å². The normalized spacial score (nSPS) is 18.5. The highest BCUT2D eigenvalue weighted by molar-refractivity contribution is 6.07. The van der Waals surface area contributed by atoms with Gasteiger partial charge in [-0.05, 0) is 31.4 Å². The zero-order valence-electron chi connectivity index (χ0n) is 17.5. The van der Waals surface area contributed by atoms with Crippen LogP contribution in [0.15, 0.2) is 42.6 Å². The second-order valence-corrected chi connectivity index (χ2v) is 8.07. The zero-order valence-corrected chi connectivity index (χ0v) is 17.5. The molecule has 2 fully saturated rings. The molecule has 1 aromatic carbocycles. The van der Waals surface area contributed by atoms with Gasteiger partial charge < -0.3 is 9.80 Å². The van der Waals surface area contributed by atoms with Gasteiger partial charge in [-0.25, -0.2) is 4.79 Å². The standard InChI is InChI=1S/C22H27N5O3/c1-17-8-11-25(23-17)14-15-26-20(29)22(9-12-24(13-10-22)18(2)28)27(21(26)30)16-19-6-4-3-5-7-19/h3-8,11H,9-10,12-16H2,1-2H3.